The van der Waals surface area contributed by atoms with Crippen molar-refractivity contribution < 1.29 is 9.72 Å². The summed E-state index contributed by atoms with van der Waals surface area (Å²) in [7, 11) is 0. The SMILES string of the molecule is CC(C)(C)CC(=O)Nc1nc(-c2cccc([N+](=O)[O-])c2)cs1. The van der Waals surface area contributed by atoms with Crippen molar-refractivity contribution in [2.45, 2.75) is 27.2 Å². The maximum absolute atomic E-state index is 11.9. The minimum Gasteiger partial charge on any atom is -0.302 e. The van der Waals surface area contributed by atoms with Gasteiger partial charge in [-0.15, -0.1) is 11.3 Å². The first kappa shape index (κ1) is 16.1. The standard InChI is InChI=1S/C15H17N3O3S/c1-15(2,3)8-13(19)17-14-16-12(9-22-14)10-5-4-6-11(7-10)18(20)21/h4-7,9H,8H2,1-3H3,(H,16,17,19). The highest BCUT2D eigenvalue weighted by atomic mass is 32.1. The van der Waals surface area contributed by atoms with Crippen molar-refractivity contribution in [1.82, 2.24) is 4.98 Å². The second-order valence-electron chi connectivity index (χ2n) is 6.13. The van der Waals surface area contributed by atoms with Crippen molar-refractivity contribution in [1.29, 1.82) is 0 Å². The molecule has 116 valence electrons. The van der Waals surface area contributed by atoms with Crippen LogP contribution < -0.4 is 5.32 Å². The summed E-state index contributed by atoms with van der Waals surface area (Å²) in [5.41, 5.74) is 1.19. The summed E-state index contributed by atoms with van der Waals surface area (Å²) < 4.78 is 0. The molecule has 22 heavy (non-hydrogen) atoms. The topological polar surface area (TPSA) is 85.1 Å². The van der Waals surface area contributed by atoms with Crippen LogP contribution in [0.5, 0.6) is 0 Å². The molecule has 1 amide bonds. The van der Waals surface area contributed by atoms with E-state index in [9.17, 15) is 14.9 Å². The molecule has 7 heteroatoms. The van der Waals surface area contributed by atoms with Gasteiger partial charge in [-0.1, -0.05) is 32.9 Å². The number of non-ortho nitro benzene ring substituents is 1. The van der Waals surface area contributed by atoms with Gasteiger partial charge in [0.1, 0.15) is 0 Å². The van der Waals surface area contributed by atoms with E-state index in [2.05, 4.69) is 10.3 Å². The smallest absolute Gasteiger partial charge is 0.270 e. The predicted octanol–water partition coefficient (Wildman–Crippen LogP) is 4.09. The minimum atomic E-state index is -0.443. The highest BCUT2D eigenvalue weighted by Crippen LogP contribution is 2.28. The molecule has 0 unspecified atom stereocenters. The van der Waals surface area contributed by atoms with Gasteiger partial charge in [-0.2, -0.15) is 0 Å². The van der Waals surface area contributed by atoms with Crippen LogP contribution in [-0.2, 0) is 4.79 Å². The number of benzene rings is 1. The fourth-order valence-corrected chi connectivity index (χ4v) is 2.62. The number of nitrogens with zero attached hydrogens (tertiary/aromatic N) is 2. The highest BCUT2D eigenvalue weighted by molar-refractivity contribution is 7.14. The summed E-state index contributed by atoms with van der Waals surface area (Å²) >= 11 is 1.30. The van der Waals surface area contributed by atoms with Crippen LogP contribution in [0.25, 0.3) is 11.3 Å². The summed E-state index contributed by atoms with van der Waals surface area (Å²) in [5.74, 6) is -0.0903. The lowest BCUT2D eigenvalue weighted by atomic mass is 9.92. The number of nitrogens with one attached hydrogen (secondary N) is 1. The van der Waals surface area contributed by atoms with Crippen LogP contribution in [-0.4, -0.2) is 15.8 Å². The molecule has 0 atom stereocenters. The number of anilines is 1. The van der Waals surface area contributed by atoms with E-state index < -0.39 is 4.92 Å². The average Bonchev–Trinajstić information content (AvgIpc) is 2.85. The van der Waals surface area contributed by atoms with Crippen LogP contribution >= 0.6 is 11.3 Å². The number of thiazole rings is 1. The van der Waals surface area contributed by atoms with Crippen LogP contribution in [0.3, 0.4) is 0 Å². The minimum absolute atomic E-state index is 0.0174. The van der Waals surface area contributed by atoms with E-state index in [1.54, 1.807) is 17.5 Å². The molecule has 0 radical (unpaired) electrons. The van der Waals surface area contributed by atoms with Gasteiger partial charge in [-0.3, -0.25) is 14.9 Å². The number of rotatable bonds is 4. The molecule has 1 aromatic heterocycles. The lowest BCUT2D eigenvalue weighted by Crippen LogP contribution is -2.19. The molecule has 2 rings (SSSR count). The third-order valence-electron chi connectivity index (χ3n) is 2.79. The Morgan fingerprint density at radius 2 is 2.14 bits per heavy atom. The Balaban J connectivity index is 2.13. The molecule has 0 saturated heterocycles. The number of hydrogen-bond acceptors (Lipinski definition) is 5. The Labute approximate surface area is 132 Å². The summed E-state index contributed by atoms with van der Waals surface area (Å²) in [6.45, 7) is 5.97. The molecule has 0 aliphatic heterocycles. The van der Waals surface area contributed by atoms with Crippen LogP contribution in [0, 0.1) is 15.5 Å². The molecular weight excluding hydrogens is 302 g/mol. The van der Waals surface area contributed by atoms with E-state index in [4.69, 9.17) is 0 Å². The van der Waals surface area contributed by atoms with Gasteiger partial charge >= 0.3 is 0 Å². The van der Waals surface area contributed by atoms with Crippen LogP contribution in [0.1, 0.15) is 27.2 Å². The number of amides is 1. The van der Waals surface area contributed by atoms with Gasteiger partial charge in [0, 0.05) is 29.5 Å². The van der Waals surface area contributed by atoms with Crippen molar-refractivity contribution in [3.05, 3.63) is 39.8 Å². The third-order valence-corrected chi connectivity index (χ3v) is 3.55. The van der Waals surface area contributed by atoms with Crippen molar-refractivity contribution in [3.8, 4) is 11.3 Å². The molecular formula is C15H17N3O3S. The van der Waals surface area contributed by atoms with Crippen molar-refractivity contribution in [2.75, 3.05) is 5.32 Å². The van der Waals surface area contributed by atoms with E-state index in [-0.39, 0.29) is 17.0 Å². The van der Waals surface area contributed by atoms with E-state index >= 15 is 0 Å². The van der Waals surface area contributed by atoms with E-state index in [0.29, 0.717) is 22.8 Å². The van der Waals surface area contributed by atoms with Crippen molar-refractivity contribution in [3.63, 3.8) is 0 Å². The van der Waals surface area contributed by atoms with Crippen molar-refractivity contribution in [2.24, 2.45) is 5.41 Å². The van der Waals surface area contributed by atoms with Gasteiger partial charge in [0.25, 0.3) is 5.69 Å². The average molecular weight is 319 g/mol. The number of carbonyl (C=O) groups is 1. The maximum atomic E-state index is 11.9. The second kappa shape index (κ2) is 6.23. The Hall–Kier alpha value is -2.28. The highest BCUT2D eigenvalue weighted by Gasteiger charge is 2.17. The fourth-order valence-electron chi connectivity index (χ4n) is 1.89. The summed E-state index contributed by atoms with van der Waals surface area (Å²) in [4.78, 5) is 26.6. The zero-order chi connectivity index (χ0) is 16.3. The third kappa shape index (κ3) is 4.36. The lowest BCUT2D eigenvalue weighted by molar-refractivity contribution is -0.384. The van der Waals surface area contributed by atoms with Gasteiger partial charge in [0.2, 0.25) is 5.91 Å². The van der Waals surface area contributed by atoms with Gasteiger partial charge in [-0.05, 0) is 5.41 Å². The molecule has 0 saturated carbocycles. The van der Waals surface area contributed by atoms with Crippen LogP contribution in [0.4, 0.5) is 10.8 Å². The van der Waals surface area contributed by atoms with Crippen LogP contribution in [0.2, 0.25) is 0 Å². The zero-order valence-corrected chi connectivity index (χ0v) is 13.4. The molecule has 2 aromatic rings. The summed E-state index contributed by atoms with van der Waals surface area (Å²) in [5, 5.41) is 15.8. The zero-order valence-electron chi connectivity index (χ0n) is 12.6. The molecule has 1 heterocycles. The lowest BCUT2D eigenvalue weighted by Gasteiger charge is -2.16. The van der Waals surface area contributed by atoms with Gasteiger partial charge in [0.15, 0.2) is 5.13 Å². The Kier molecular flexibility index (Phi) is 4.56. The van der Waals surface area contributed by atoms with E-state index in [0.717, 1.165) is 0 Å². The number of nitro benzene ring substituents is 1. The normalized spacial score (nSPS) is 11.2. The Bertz CT molecular complexity index is 704. The Morgan fingerprint density at radius 3 is 2.77 bits per heavy atom. The first-order chi connectivity index (χ1) is 10.2. The molecule has 0 fully saturated rings. The number of aromatic nitrogens is 1. The quantitative estimate of drug-likeness (QED) is 0.679. The van der Waals surface area contributed by atoms with E-state index in [1.807, 2.05) is 20.8 Å². The first-order valence-corrected chi connectivity index (χ1v) is 7.63. The molecule has 0 aliphatic rings. The fraction of sp³-hybridized carbons (Fsp3) is 0.333. The van der Waals surface area contributed by atoms with Gasteiger partial charge < -0.3 is 5.32 Å². The molecule has 1 N–H and O–H groups in total. The van der Waals surface area contributed by atoms with Crippen LogP contribution in [0.15, 0.2) is 29.6 Å². The molecule has 0 bridgehead atoms. The second-order valence-corrected chi connectivity index (χ2v) is 6.99. The Morgan fingerprint density at radius 1 is 1.41 bits per heavy atom. The van der Waals surface area contributed by atoms with Crippen molar-refractivity contribution >= 4 is 28.1 Å². The number of hydrogen-bond donors (Lipinski definition) is 1. The molecule has 0 spiro atoms. The number of carbonyl (C=O) groups excluding carboxylic acids is 1. The van der Waals surface area contributed by atoms with Gasteiger partial charge in [0.05, 0.1) is 10.6 Å². The van der Waals surface area contributed by atoms with Gasteiger partial charge in [-0.25, -0.2) is 4.98 Å². The van der Waals surface area contributed by atoms with E-state index in [1.165, 1.54) is 23.5 Å². The number of nitro groups is 1. The molecule has 6 nitrogen and oxygen atoms in total. The molecule has 0 aliphatic carbocycles. The first-order valence-electron chi connectivity index (χ1n) is 6.75. The largest absolute Gasteiger partial charge is 0.302 e. The summed E-state index contributed by atoms with van der Waals surface area (Å²) in [6.07, 6.45) is 0.402. The predicted molar refractivity (Wildman–Crippen MR) is 86.9 cm³/mol. The monoisotopic (exact) mass is 319 g/mol. The summed E-state index contributed by atoms with van der Waals surface area (Å²) in [6, 6.07) is 6.27. The maximum Gasteiger partial charge on any atom is 0.270 e. The molecule has 1 aromatic carbocycles.